The Kier molecular flexibility index (Phi) is 3.55. The molecule has 0 fully saturated rings. The Hall–Kier alpha value is 0.619. The third kappa shape index (κ3) is 2.54. The Morgan fingerprint density at radius 2 is 1.91 bits per heavy atom. The maximum absolute atomic E-state index is 13.6. The predicted molar refractivity (Wildman–Crippen MR) is 51.5 cm³/mol. The molecule has 0 nitrogen and oxygen atoms in total. The zero-order chi connectivity index (χ0) is 8.32. The molecule has 0 spiro atoms. The average molecular weight is 300 g/mol. The van der Waals surface area contributed by atoms with E-state index in [1.165, 1.54) is 0 Å². The third-order valence-corrected chi connectivity index (χ3v) is 13.2. The van der Waals surface area contributed by atoms with Crippen molar-refractivity contribution in [2.24, 2.45) is 0 Å². The molecule has 4 heteroatoms. The summed E-state index contributed by atoms with van der Waals surface area (Å²) < 4.78 is 11.3. The van der Waals surface area contributed by atoms with Gasteiger partial charge in [0.1, 0.15) is 0 Å². The van der Waals surface area contributed by atoms with Gasteiger partial charge >= 0.3 is 79.8 Å². The van der Waals surface area contributed by atoms with Crippen molar-refractivity contribution in [1.82, 2.24) is 0 Å². The molecule has 1 aromatic carbocycles. The van der Waals surface area contributed by atoms with Crippen LogP contribution in [0.1, 0.15) is 0 Å². The van der Waals surface area contributed by atoms with Gasteiger partial charge in [0.25, 0.3) is 0 Å². The average Bonchev–Trinajstić information content (AvgIpc) is 2.06. The fraction of sp³-hybridized carbons (Fsp3) is 0.143. The minimum atomic E-state index is -2.34. The topological polar surface area (TPSA) is 0 Å². The third-order valence-electron chi connectivity index (χ3n) is 1.30. The minimum absolute atomic E-state index is 0.0638. The summed E-state index contributed by atoms with van der Waals surface area (Å²) in [4.78, 5) is 0. The molecule has 0 radical (unpaired) electrons. The Bertz CT molecular complexity index is 273. The number of hydrogen-bond donors (Lipinski definition) is 0. The van der Waals surface area contributed by atoms with Crippen LogP contribution in [0.3, 0.4) is 0 Å². The normalized spacial score (nSPS) is 15.8. The van der Waals surface area contributed by atoms with Crippen molar-refractivity contribution in [3.05, 3.63) is 30.3 Å². The summed E-state index contributed by atoms with van der Waals surface area (Å²) in [5.74, 6) is 1.93. The van der Waals surface area contributed by atoms with E-state index in [1.807, 2.05) is 36.2 Å². The van der Waals surface area contributed by atoms with E-state index in [2.05, 4.69) is 15.1 Å². The van der Waals surface area contributed by atoms with E-state index in [0.717, 1.165) is 5.30 Å². The summed E-state index contributed by atoms with van der Waals surface area (Å²) in [5.41, 5.74) is 0. The molecule has 0 bridgehead atoms. The predicted octanol–water partition coefficient (Wildman–Crippen LogP) is 1.96. The van der Waals surface area contributed by atoms with E-state index in [0.29, 0.717) is 0 Å². The Balaban J connectivity index is 3.03. The molecule has 0 saturated carbocycles. The van der Waals surface area contributed by atoms with Crippen LogP contribution >= 0.6 is 4.51 Å². The molecule has 0 saturated heterocycles. The van der Waals surface area contributed by atoms with Crippen LogP contribution in [0.15, 0.2) is 30.3 Å². The monoisotopic (exact) mass is 302 g/mol. The van der Waals surface area contributed by atoms with Gasteiger partial charge < -0.3 is 0 Å². The first kappa shape index (κ1) is 9.71. The van der Waals surface area contributed by atoms with E-state index < -0.39 is 4.51 Å². The summed E-state index contributed by atoms with van der Waals surface area (Å²) in [6.07, 6.45) is 0. The van der Waals surface area contributed by atoms with E-state index in [4.69, 9.17) is 0 Å². The van der Waals surface area contributed by atoms with Gasteiger partial charge in [0.05, 0.1) is 0 Å². The summed E-state index contributed by atoms with van der Waals surface area (Å²) >= 11 is 2.76. The van der Waals surface area contributed by atoms with Crippen LogP contribution < -0.4 is 5.30 Å². The van der Waals surface area contributed by atoms with Crippen LogP contribution in [0, 0.1) is 0 Å². The first-order valence-electron chi connectivity index (χ1n) is 3.08. The van der Waals surface area contributed by atoms with Gasteiger partial charge in [0.15, 0.2) is 0 Å². The summed E-state index contributed by atoms with van der Waals surface area (Å²) in [7, 11) is 0. The summed E-state index contributed by atoms with van der Waals surface area (Å²) in [6, 6.07) is 9.39. The fourth-order valence-electron chi connectivity index (χ4n) is 0.711. The molecule has 1 unspecified atom stereocenters. The first-order valence-corrected chi connectivity index (χ1v) is 10.9. The van der Waals surface area contributed by atoms with Gasteiger partial charge in [-0.1, -0.05) is 0 Å². The Morgan fingerprint density at radius 3 is 2.36 bits per heavy atom. The molecule has 0 aliphatic heterocycles. The molecule has 0 aromatic heterocycles. The van der Waals surface area contributed by atoms with Gasteiger partial charge in [0, 0.05) is 0 Å². The molecule has 0 N–H and O–H groups in total. The number of rotatable bonds is 2. The van der Waals surface area contributed by atoms with Gasteiger partial charge in [-0.2, -0.15) is 0 Å². The Labute approximate surface area is 79.7 Å². The Morgan fingerprint density at radius 1 is 1.36 bits per heavy atom. The van der Waals surface area contributed by atoms with Crippen molar-refractivity contribution >= 4 is 39.4 Å². The van der Waals surface area contributed by atoms with Crippen molar-refractivity contribution in [2.75, 3.05) is 0 Å². The standard InChI is InChI=1S/C7H8FPSe2/c1-11-9(8,10)7-5-3-2-4-6-7/h2-6H,1H3. The van der Waals surface area contributed by atoms with Crippen LogP contribution in [-0.4, -0.2) is 29.6 Å². The van der Waals surface area contributed by atoms with Crippen molar-refractivity contribution in [2.45, 2.75) is 5.82 Å². The van der Waals surface area contributed by atoms with Gasteiger partial charge in [-0.25, -0.2) is 0 Å². The van der Waals surface area contributed by atoms with Gasteiger partial charge in [-0.05, 0) is 0 Å². The van der Waals surface area contributed by atoms with Crippen molar-refractivity contribution in [1.29, 1.82) is 0 Å². The van der Waals surface area contributed by atoms with E-state index in [9.17, 15) is 4.20 Å². The second kappa shape index (κ2) is 4.03. The van der Waals surface area contributed by atoms with Crippen LogP contribution in [0.4, 0.5) is 4.20 Å². The van der Waals surface area contributed by atoms with Gasteiger partial charge in [0.2, 0.25) is 0 Å². The molecule has 0 aliphatic rings. The molecule has 0 aliphatic carbocycles. The number of halogens is 1. The van der Waals surface area contributed by atoms with Crippen molar-refractivity contribution in [3.8, 4) is 0 Å². The molecule has 11 heavy (non-hydrogen) atoms. The van der Waals surface area contributed by atoms with Crippen LogP contribution in [-0.2, 0) is 0 Å². The number of hydrogen-bond acceptors (Lipinski definition) is 0. The van der Waals surface area contributed by atoms with Crippen LogP contribution in [0.25, 0.3) is 0 Å². The first-order chi connectivity index (χ1) is 5.17. The quantitative estimate of drug-likeness (QED) is 0.579. The van der Waals surface area contributed by atoms with Gasteiger partial charge in [-0.15, -0.1) is 0 Å². The molecule has 1 aromatic rings. The summed E-state index contributed by atoms with van der Waals surface area (Å²) in [6.45, 7) is 0. The van der Waals surface area contributed by atoms with E-state index in [-0.39, 0.29) is 14.5 Å². The van der Waals surface area contributed by atoms with Gasteiger partial charge in [-0.3, -0.25) is 0 Å². The summed E-state index contributed by atoms with van der Waals surface area (Å²) in [5, 5.41) is 0.850. The molecule has 1 atom stereocenters. The van der Waals surface area contributed by atoms with Crippen LogP contribution in [0.2, 0.25) is 5.82 Å². The van der Waals surface area contributed by atoms with Crippen molar-refractivity contribution < 1.29 is 4.20 Å². The SMILES string of the molecule is C[Se]P(F)(=[Se])c1ccccc1. The zero-order valence-electron chi connectivity index (χ0n) is 6.03. The molecule has 0 amide bonds. The number of benzene rings is 1. The van der Waals surface area contributed by atoms with Crippen LogP contribution in [0.5, 0.6) is 0 Å². The molecular formula is C7H8FPSe2. The molecule has 1 rings (SSSR count). The zero-order valence-corrected chi connectivity index (χ0v) is 10.3. The molecule has 0 heterocycles. The maximum atomic E-state index is 13.6. The fourth-order valence-corrected chi connectivity index (χ4v) is 4.31. The second-order valence-corrected chi connectivity index (χ2v) is 16.0. The van der Waals surface area contributed by atoms with E-state index in [1.54, 1.807) is 0 Å². The second-order valence-electron chi connectivity index (χ2n) is 2.00. The molecule has 60 valence electrons. The van der Waals surface area contributed by atoms with Crippen molar-refractivity contribution in [3.63, 3.8) is 0 Å². The molecular weight excluding hydrogens is 292 g/mol. The van der Waals surface area contributed by atoms with E-state index >= 15 is 0 Å².